The molecule has 0 unspecified atom stereocenters. The summed E-state index contributed by atoms with van der Waals surface area (Å²) in [6.45, 7) is 3.65. The predicted octanol–water partition coefficient (Wildman–Crippen LogP) is 3.86. The Kier molecular flexibility index (Phi) is 5.44. The van der Waals surface area contributed by atoms with E-state index in [2.05, 4.69) is 20.7 Å². The van der Waals surface area contributed by atoms with Crippen LogP contribution in [-0.2, 0) is 15.7 Å². The molecule has 0 bridgehead atoms. The summed E-state index contributed by atoms with van der Waals surface area (Å²) in [7, 11) is 1.27. The van der Waals surface area contributed by atoms with Crippen LogP contribution in [0.5, 0.6) is 0 Å². The minimum Gasteiger partial charge on any atom is -0.468 e. The Morgan fingerprint density at radius 1 is 1.40 bits per heavy atom. The first-order chi connectivity index (χ1) is 9.16. The van der Waals surface area contributed by atoms with Crippen LogP contribution in [0.3, 0.4) is 0 Å². The third-order valence-corrected chi connectivity index (χ3v) is 3.37. The highest BCUT2D eigenvalue weighted by Gasteiger charge is 2.31. The Morgan fingerprint density at radius 2 is 2.00 bits per heavy atom. The average molecular weight is 354 g/mol. The van der Waals surface area contributed by atoms with Gasteiger partial charge in [0, 0.05) is 10.5 Å². The Morgan fingerprint density at radius 3 is 2.40 bits per heavy atom. The van der Waals surface area contributed by atoms with Crippen molar-refractivity contribution in [2.75, 3.05) is 18.6 Å². The van der Waals surface area contributed by atoms with Gasteiger partial charge in [-0.15, -0.1) is 0 Å². The zero-order valence-electron chi connectivity index (χ0n) is 11.3. The molecule has 0 aliphatic carbocycles. The van der Waals surface area contributed by atoms with E-state index in [0.29, 0.717) is 5.69 Å². The average Bonchev–Trinajstić information content (AvgIpc) is 2.34. The summed E-state index contributed by atoms with van der Waals surface area (Å²) in [4.78, 5) is 13.0. The normalized spacial score (nSPS) is 11.6. The second-order valence-corrected chi connectivity index (χ2v) is 5.32. The Labute approximate surface area is 123 Å². The van der Waals surface area contributed by atoms with Crippen LogP contribution in [0.25, 0.3) is 0 Å². The van der Waals surface area contributed by atoms with E-state index in [4.69, 9.17) is 0 Å². The predicted molar refractivity (Wildman–Crippen MR) is 73.6 cm³/mol. The molecule has 0 saturated carbocycles. The van der Waals surface area contributed by atoms with Gasteiger partial charge in [-0.05, 0) is 48.0 Å². The van der Waals surface area contributed by atoms with E-state index < -0.39 is 17.7 Å². The molecule has 20 heavy (non-hydrogen) atoms. The molecule has 0 radical (unpaired) electrons. The van der Waals surface area contributed by atoms with Crippen molar-refractivity contribution in [2.45, 2.75) is 26.1 Å². The van der Waals surface area contributed by atoms with Gasteiger partial charge in [-0.2, -0.15) is 13.2 Å². The molecule has 1 rings (SSSR count). The first-order valence-electron chi connectivity index (χ1n) is 5.87. The third-order valence-electron chi connectivity index (χ3n) is 2.73. The molecule has 0 aliphatic rings. The number of benzene rings is 1. The second-order valence-electron chi connectivity index (χ2n) is 4.46. The van der Waals surface area contributed by atoms with Crippen LogP contribution in [0.2, 0.25) is 0 Å². The lowest BCUT2D eigenvalue weighted by Gasteiger charge is -2.29. The van der Waals surface area contributed by atoms with Crippen molar-refractivity contribution in [1.82, 2.24) is 0 Å². The van der Waals surface area contributed by atoms with Crippen LogP contribution in [-0.4, -0.2) is 25.7 Å². The number of anilines is 1. The van der Waals surface area contributed by atoms with Gasteiger partial charge in [0.25, 0.3) is 0 Å². The molecule has 1 aromatic rings. The van der Waals surface area contributed by atoms with Crippen LogP contribution < -0.4 is 4.90 Å². The van der Waals surface area contributed by atoms with E-state index in [9.17, 15) is 18.0 Å². The highest BCUT2D eigenvalue weighted by Crippen LogP contribution is 2.35. The van der Waals surface area contributed by atoms with E-state index in [0.717, 1.165) is 12.1 Å². The maximum Gasteiger partial charge on any atom is 0.416 e. The zero-order chi connectivity index (χ0) is 15.5. The van der Waals surface area contributed by atoms with Crippen LogP contribution in [0.4, 0.5) is 18.9 Å². The molecule has 0 fully saturated rings. The van der Waals surface area contributed by atoms with Crippen molar-refractivity contribution >= 4 is 27.6 Å². The van der Waals surface area contributed by atoms with Gasteiger partial charge in [-0.25, -0.2) is 0 Å². The van der Waals surface area contributed by atoms with Crippen LogP contribution in [0.1, 0.15) is 19.4 Å². The molecule has 0 spiro atoms. The Hall–Kier alpha value is -1.24. The van der Waals surface area contributed by atoms with E-state index in [1.165, 1.54) is 13.2 Å². The highest BCUT2D eigenvalue weighted by atomic mass is 79.9. The lowest BCUT2D eigenvalue weighted by atomic mass is 10.1. The second kappa shape index (κ2) is 6.47. The maximum atomic E-state index is 12.6. The van der Waals surface area contributed by atoms with Crippen LogP contribution in [0, 0.1) is 0 Å². The van der Waals surface area contributed by atoms with E-state index in [-0.39, 0.29) is 17.1 Å². The van der Waals surface area contributed by atoms with Crippen molar-refractivity contribution in [1.29, 1.82) is 0 Å². The number of hydrogen-bond donors (Lipinski definition) is 0. The quantitative estimate of drug-likeness (QED) is 0.770. The number of halogens is 4. The molecule has 3 nitrogen and oxygen atoms in total. The summed E-state index contributed by atoms with van der Waals surface area (Å²) in [6, 6.07) is 3.27. The van der Waals surface area contributed by atoms with E-state index in [1.807, 2.05) is 13.8 Å². The molecule has 0 heterocycles. The van der Waals surface area contributed by atoms with E-state index >= 15 is 0 Å². The number of esters is 1. The van der Waals surface area contributed by atoms with Crippen molar-refractivity contribution in [3.8, 4) is 0 Å². The number of carbonyl (C=O) groups excluding carboxylic acids is 1. The maximum absolute atomic E-state index is 12.6. The molecule has 0 aromatic heterocycles. The largest absolute Gasteiger partial charge is 0.468 e. The number of ether oxygens (including phenoxy) is 1. The van der Waals surface area contributed by atoms with Gasteiger partial charge in [-0.3, -0.25) is 4.79 Å². The Bertz CT molecular complexity index is 489. The molecule has 0 saturated heterocycles. The molecule has 112 valence electrons. The van der Waals surface area contributed by atoms with Crippen LogP contribution in [0.15, 0.2) is 22.7 Å². The van der Waals surface area contributed by atoms with Crippen LogP contribution >= 0.6 is 15.9 Å². The van der Waals surface area contributed by atoms with Gasteiger partial charge in [0.2, 0.25) is 0 Å². The highest BCUT2D eigenvalue weighted by molar-refractivity contribution is 9.10. The molecule has 0 N–H and O–H groups in total. The standard InChI is InChI=1S/C13H15BrF3NO2/c1-8(2)18(7-12(19)20-3)11-5-4-9(6-10(11)14)13(15,16)17/h4-6,8H,7H2,1-3H3. The zero-order valence-corrected chi connectivity index (χ0v) is 12.9. The summed E-state index contributed by atoms with van der Waals surface area (Å²) in [5.74, 6) is -0.453. The van der Waals surface area contributed by atoms with Gasteiger partial charge >= 0.3 is 12.1 Å². The smallest absolute Gasteiger partial charge is 0.416 e. The lowest BCUT2D eigenvalue weighted by Crippen LogP contribution is -2.36. The SMILES string of the molecule is COC(=O)CN(c1ccc(C(F)(F)F)cc1Br)C(C)C. The molecule has 0 amide bonds. The lowest BCUT2D eigenvalue weighted by molar-refractivity contribution is -0.139. The number of alkyl halides is 3. The topological polar surface area (TPSA) is 29.5 Å². The number of hydrogen-bond acceptors (Lipinski definition) is 3. The summed E-state index contributed by atoms with van der Waals surface area (Å²) in [5.41, 5.74) is -0.228. The van der Waals surface area contributed by atoms with Gasteiger partial charge in [-0.1, -0.05) is 0 Å². The van der Waals surface area contributed by atoms with Crippen molar-refractivity contribution in [3.63, 3.8) is 0 Å². The fourth-order valence-electron chi connectivity index (χ4n) is 1.67. The summed E-state index contributed by atoms with van der Waals surface area (Å²) in [5, 5.41) is 0. The number of nitrogens with zero attached hydrogens (tertiary/aromatic N) is 1. The van der Waals surface area contributed by atoms with E-state index in [1.54, 1.807) is 4.90 Å². The third kappa shape index (κ3) is 4.13. The molecule has 0 aliphatic heterocycles. The molecule has 0 atom stereocenters. The Balaban J connectivity index is 3.12. The van der Waals surface area contributed by atoms with Gasteiger partial charge in [0.1, 0.15) is 6.54 Å². The number of rotatable bonds is 4. The van der Waals surface area contributed by atoms with Gasteiger partial charge in [0.05, 0.1) is 18.4 Å². The van der Waals surface area contributed by atoms with Crippen molar-refractivity contribution < 1.29 is 22.7 Å². The molecule has 1 aromatic carbocycles. The number of methoxy groups -OCH3 is 1. The molecular weight excluding hydrogens is 339 g/mol. The minimum absolute atomic E-state index is 0.0296. The first-order valence-corrected chi connectivity index (χ1v) is 6.66. The van der Waals surface area contributed by atoms with Gasteiger partial charge < -0.3 is 9.64 Å². The monoisotopic (exact) mass is 353 g/mol. The van der Waals surface area contributed by atoms with Crippen molar-refractivity contribution in [3.05, 3.63) is 28.2 Å². The minimum atomic E-state index is -4.40. The van der Waals surface area contributed by atoms with Gasteiger partial charge in [0.15, 0.2) is 0 Å². The number of carbonyl (C=O) groups is 1. The molecular formula is C13H15BrF3NO2. The first kappa shape index (κ1) is 16.8. The molecule has 7 heteroatoms. The fourth-order valence-corrected chi connectivity index (χ4v) is 2.27. The summed E-state index contributed by atoms with van der Waals surface area (Å²) in [6.07, 6.45) is -4.40. The summed E-state index contributed by atoms with van der Waals surface area (Å²) >= 11 is 3.13. The summed E-state index contributed by atoms with van der Waals surface area (Å²) < 4.78 is 42.7. The fraction of sp³-hybridized carbons (Fsp3) is 0.462. The van der Waals surface area contributed by atoms with Crippen molar-refractivity contribution in [2.24, 2.45) is 0 Å².